The van der Waals surface area contributed by atoms with E-state index in [1.54, 1.807) is 30.3 Å². The zero-order chi connectivity index (χ0) is 15.0. The highest BCUT2D eigenvalue weighted by Gasteiger charge is 2.33. The zero-order valence-corrected chi connectivity index (χ0v) is 12.9. The average Bonchev–Trinajstić information content (AvgIpc) is 2.96. The minimum Gasteiger partial charge on any atom is -0.327 e. The van der Waals surface area contributed by atoms with Crippen LogP contribution >= 0.6 is 35.2 Å². The predicted molar refractivity (Wildman–Crippen MR) is 86.9 cm³/mol. The zero-order valence-electron chi connectivity index (χ0n) is 10.5. The van der Waals surface area contributed by atoms with Crippen LogP contribution < -0.4 is 10.2 Å². The monoisotopic (exact) mass is 338 g/mol. The number of halogens is 2. The maximum atomic E-state index is 13.8. The minimum absolute atomic E-state index is 0.132. The van der Waals surface area contributed by atoms with E-state index in [4.69, 9.17) is 23.8 Å². The number of thiophene rings is 1. The van der Waals surface area contributed by atoms with Gasteiger partial charge in [-0.3, -0.25) is 4.79 Å². The van der Waals surface area contributed by atoms with E-state index in [9.17, 15) is 9.18 Å². The molecule has 3 rings (SSSR count). The number of nitrogens with zero attached hydrogens (tertiary/aromatic N) is 1. The van der Waals surface area contributed by atoms with Gasteiger partial charge in [-0.15, -0.1) is 11.3 Å². The molecule has 3 nitrogen and oxygen atoms in total. The predicted octanol–water partition coefficient (Wildman–Crippen LogP) is 3.80. The molecule has 1 aromatic carbocycles. The lowest BCUT2D eigenvalue weighted by Gasteiger charge is -2.14. The Balaban J connectivity index is 1.96. The number of hydrogen-bond donors (Lipinski definition) is 1. The number of rotatable bonds is 2. The molecule has 1 fully saturated rings. The third-order valence-electron chi connectivity index (χ3n) is 2.85. The summed E-state index contributed by atoms with van der Waals surface area (Å²) < 4.78 is 14.5. The summed E-state index contributed by atoms with van der Waals surface area (Å²) in [6, 6.07) is 9.53. The molecule has 21 heavy (non-hydrogen) atoms. The van der Waals surface area contributed by atoms with Crippen LogP contribution in [-0.4, -0.2) is 11.0 Å². The Hall–Kier alpha value is -1.76. The number of hydrogen-bond acceptors (Lipinski definition) is 3. The smallest absolute Gasteiger partial charge is 0.281 e. The van der Waals surface area contributed by atoms with E-state index in [0.717, 1.165) is 9.78 Å². The number of benzene rings is 1. The number of anilines is 1. The molecular formula is C14H8ClFN2OS2. The Bertz CT molecular complexity index is 772. The van der Waals surface area contributed by atoms with Crippen LogP contribution in [0.5, 0.6) is 0 Å². The highest BCUT2D eigenvalue weighted by atomic mass is 35.5. The normalized spacial score (nSPS) is 16.7. The maximum absolute atomic E-state index is 13.8. The van der Waals surface area contributed by atoms with Crippen LogP contribution in [0.15, 0.2) is 42.1 Å². The van der Waals surface area contributed by atoms with E-state index in [-0.39, 0.29) is 10.8 Å². The molecule has 0 aliphatic carbocycles. The first-order chi connectivity index (χ1) is 10.1. The molecule has 2 heterocycles. The molecule has 1 aliphatic heterocycles. The van der Waals surface area contributed by atoms with Crippen LogP contribution in [0.3, 0.4) is 0 Å². The van der Waals surface area contributed by atoms with E-state index in [1.807, 2.05) is 0 Å². The number of thiocarbonyl (C=S) groups is 1. The van der Waals surface area contributed by atoms with Gasteiger partial charge in [0.1, 0.15) is 11.5 Å². The molecule has 7 heteroatoms. The first-order valence-corrected chi connectivity index (χ1v) is 7.53. The molecule has 0 unspecified atom stereocenters. The Morgan fingerprint density at radius 1 is 1.29 bits per heavy atom. The maximum Gasteiger partial charge on any atom is 0.281 e. The van der Waals surface area contributed by atoms with Gasteiger partial charge >= 0.3 is 0 Å². The fourth-order valence-corrected chi connectivity index (χ4v) is 3.23. The van der Waals surface area contributed by atoms with Gasteiger partial charge in [-0.1, -0.05) is 23.7 Å². The highest BCUT2D eigenvalue weighted by molar-refractivity contribution is 7.80. The van der Waals surface area contributed by atoms with Crippen LogP contribution in [0.4, 0.5) is 10.1 Å². The van der Waals surface area contributed by atoms with Crippen molar-refractivity contribution in [3.8, 4) is 0 Å². The van der Waals surface area contributed by atoms with Gasteiger partial charge in [-0.2, -0.15) is 0 Å². The van der Waals surface area contributed by atoms with Crippen molar-refractivity contribution in [2.45, 2.75) is 0 Å². The molecule has 0 radical (unpaired) electrons. The fourth-order valence-electron chi connectivity index (χ4n) is 1.94. The van der Waals surface area contributed by atoms with Crippen molar-refractivity contribution in [2.24, 2.45) is 0 Å². The van der Waals surface area contributed by atoms with Crippen LogP contribution in [0.1, 0.15) is 4.88 Å². The summed E-state index contributed by atoms with van der Waals surface area (Å²) in [5.41, 5.74) is 0.425. The van der Waals surface area contributed by atoms with Gasteiger partial charge in [0, 0.05) is 4.88 Å². The highest BCUT2D eigenvalue weighted by Crippen LogP contribution is 2.27. The first kappa shape index (κ1) is 14.2. The van der Waals surface area contributed by atoms with Crippen molar-refractivity contribution < 1.29 is 9.18 Å². The summed E-state index contributed by atoms with van der Waals surface area (Å²) in [5, 5.41) is 2.95. The average molecular weight is 339 g/mol. The lowest BCUT2D eigenvalue weighted by Crippen LogP contribution is -2.31. The molecule has 1 N–H and O–H groups in total. The molecule has 2 aromatic rings. The fraction of sp³-hybridized carbons (Fsp3) is 0. The van der Waals surface area contributed by atoms with Crippen molar-refractivity contribution in [1.29, 1.82) is 0 Å². The van der Waals surface area contributed by atoms with Crippen molar-refractivity contribution in [3.63, 3.8) is 0 Å². The van der Waals surface area contributed by atoms with E-state index in [0.29, 0.717) is 10.0 Å². The minimum atomic E-state index is -0.504. The largest absolute Gasteiger partial charge is 0.327 e. The third-order valence-corrected chi connectivity index (χ3v) is 4.31. The van der Waals surface area contributed by atoms with Crippen molar-refractivity contribution >= 4 is 57.9 Å². The van der Waals surface area contributed by atoms with Gasteiger partial charge in [-0.25, -0.2) is 9.29 Å². The van der Waals surface area contributed by atoms with Crippen LogP contribution in [0, 0.1) is 5.82 Å². The van der Waals surface area contributed by atoms with E-state index < -0.39 is 11.7 Å². The molecule has 1 amide bonds. The Kier molecular flexibility index (Phi) is 3.75. The number of para-hydroxylation sites is 1. The van der Waals surface area contributed by atoms with Crippen molar-refractivity contribution in [1.82, 2.24) is 5.32 Å². The van der Waals surface area contributed by atoms with Gasteiger partial charge in [0.15, 0.2) is 5.11 Å². The third kappa shape index (κ3) is 2.70. The summed E-state index contributed by atoms with van der Waals surface area (Å²) in [7, 11) is 0. The second-order valence-electron chi connectivity index (χ2n) is 4.22. The van der Waals surface area contributed by atoms with Gasteiger partial charge in [0.25, 0.3) is 5.91 Å². The molecule has 0 atom stereocenters. The summed E-state index contributed by atoms with van der Waals surface area (Å²) in [6.07, 6.45) is 1.64. The topological polar surface area (TPSA) is 32.3 Å². The Morgan fingerprint density at radius 2 is 2.05 bits per heavy atom. The molecule has 0 bridgehead atoms. The van der Waals surface area contributed by atoms with Crippen LogP contribution in [-0.2, 0) is 4.79 Å². The molecule has 0 spiro atoms. The number of amides is 1. The van der Waals surface area contributed by atoms with Crippen molar-refractivity contribution in [3.05, 3.63) is 57.1 Å². The lowest BCUT2D eigenvalue weighted by atomic mass is 10.2. The van der Waals surface area contributed by atoms with Crippen molar-refractivity contribution in [2.75, 3.05) is 4.90 Å². The Labute approximate surface area is 134 Å². The quantitative estimate of drug-likeness (QED) is 0.667. The first-order valence-electron chi connectivity index (χ1n) is 5.93. The summed E-state index contributed by atoms with van der Waals surface area (Å²) in [4.78, 5) is 14.4. The molecular weight excluding hydrogens is 331 g/mol. The second-order valence-corrected chi connectivity index (χ2v) is 6.36. The lowest BCUT2D eigenvalue weighted by molar-refractivity contribution is -0.113. The van der Waals surface area contributed by atoms with E-state index in [2.05, 4.69) is 5.32 Å². The molecule has 106 valence electrons. The summed E-state index contributed by atoms with van der Waals surface area (Å²) >= 11 is 12.3. The van der Waals surface area contributed by atoms with Crippen LogP contribution in [0.2, 0.25) is 4.34 Å². The Morgan fingerprint density at radius 3 is 2.71 bits per heavy atom. The number of carbonyl (C=O) groups is 1. The standard InChI is InChI=1S/C14H8ClFN2OS2/c15-12-6-5-8(21-12)7-10-13(19)18(14(20)17-10)11-4-2-1-3-9(11)16/h1-7H,(H,17,20)/b10-7+. The number of nitrogens with one attached hydrogen (secondary N) is 1. The summed E-state index contributed by atoms with van der Waals surface area (Å²) in [5.74, 6) is -0.898. The van der Waals surface area contributed by atoms with Gasteiger partial charge in [0.05, 0.1) is 10.0 Å². The van der Waals surface area contributed by atoms with Gasteiger partial charge < -0.3 is 5.32 Å². The second kappa shape index (κ2) is 5.55. The molecule has 1 saturated heterocycles. The van der Waals surface area contributed by atoms with E-state index >= 15 is 0 Å². The number of carbonyl (C=O) groups excluding carboxylic acids is 1. The molecule has 0 saturated carbocycles. The van der Waals surface area contributed by atoms with Gasteiger partial charge in [-0.05, 0) is 42.6 Å². The summed E-state index contributed by atoms with van der Waals surface area (Å²) in [6.45, 7) is 0. The molecule has 1 aliphatic rings. The van der Waals surface area contributed by atoms with Gasteiger partial charge in [0.2, 0.25) is 0 Å². The SMILES string of the molecule is O=C1/C(=C\c2ccc(Cl)s2)NC(=S)N1c1ccccc1F. The van der Waals surface area contributed by atoms with E-state index in [1.165, 1.54) is 23.5 Å². The molecule has 1 aromatic heterocycles. The van der Waals surface area contributed by atoms with Crippen LogP contribution in [0.25, 0.3) is 6.08 Å².